The Kier molecular flexibility index (Phi) is 6.74. The van der Waals surface area contributed by atoms with Gasteiger partial charge in [-0.25, -0.2) is 9.97 Å². The van der Waals surface area contributed by atoms with Crippen LogP contribution in [-0.4, -0.2) is 14.5 Å². The highest BCUT2D eigenvalue weighted by Crippen LogP contribution is 2.54. The lowest BCUT2D eigenvalue weighted by Gasteiger charge is -2.16. The number of hydrogen-bond donors (Lipinski definition) is 0. The Morgan fingerprint density at radius 1 is 0.451 bits per heavy atom. The van der Waals surface area contributed by atoms with Crippen molar-refractivity contribution in [3.63, 3.8) is 0 Å². The summed E-state index contributed by atoms with van der Waals surface area (Å²) in [4.78, 5) is 10.6. The summed E-state index contributed by atoms with van der Waals surface area (Å²) in [7, 11) is -3.16. The monoisotopic (exact) mass is 671 g/mol. The molecule has 0 N–H and O–H groups in total. The molecule has 1 aliphatic rings. The molecule has 1 atom stereocenters. The van der Waals surface area contributed by atoms with Crippen LogP contribution in [-0.2, 0) is 4.57 Å². The smallest absolute Gasteiger partial charge is 0.235 e. The minimum Gasteiger partial charge on any atom is -0.309 e. The summed E-state index contributed by atoms with van der Waals surface area (Å²) in [6.45, 7) is 0. The molecule has 0 saturated carbocycles. The first-order chi connectivity index (χ1) is 25.2. The third-order valence-corrected chi connectivity index (χ3v) is 13.2. The van der Waals surface area contributed by atoms with Gasteiger partial charge in [-0.2, -0.15) is 0 Å². The van der Waals surface area contributed by atoms with Crippen molar-refractivity contribution in [3.8, 4) is 50.7 Å². The van der Waals surface area contributed by atoms with Crippen LogP contribution >= 0.6 is 7.14 Å². The van der Waals surface area contributed by atoms with Crippen LogP contribution in [0.5, 0.6) is 0 Å². The van der Waals surface area contributed by atoms with E-state index in [1.165, 1.54) is 5.56 Å². The molecule has 0 saturated heterocycles. The summed E-state index contributed by atoms with van der Waals surface area (Å²) < 4.78 is 17.7. The molecule has 1 unspecified atom stereocenters. The maximum Gasteiger partial charge on any atom is 0.235 e. The molecule has 9 aromatic rings. The van der Waals surface area contributed by atoms with Crippen LogP contribution in [0.25, 0.3) is 72.5 Å². The normalized spacial score (nSPS) is 14.8. The minimum absolute atomic E-state index is 0.567. The average molecular weight is 672 g/mol. The van der Waals surface area contributed by atoms with Gasteiger partial charge in [0.2, 0.25) is 5.95 Å². The fraction of sp³-hybridized carbons (Fsp3) is 0. The average Bonchev–Trinajstić information content (AvgIpc) is 3.69. The summed E-state index contributed by atoms with van der Waals surface area (Å²) in [6.07, 6.45) is 0. The van der Waals surface area contributed by atoms with Gasteiger partial charge in [0.05, 0.1) is 22.4 Å². The highest BCUT2D eigenvalue weighted by atomic mass is 31.2. The first-order valence-corrected chi connectivity index (χ1v) is 18.8. The standard InChI is InChI=1S/C46H30N3OP/c50-51(35-18-8-3-9-19-35)42-23-13-11-21-38(42)44-43(51)29-28-37-36-20-10-12-22-41(36)49(45(37)44)46-47-39(33-16-6-2-7-17-33)30-40(48-46)34-26-24-32(25-27-34)31-14-4-1-5-15-31/h1-30H. The fourth-order valence-electron chi connectivity index (χ4n) is 7.69. The minimum atomic E-state index is -3.16. The van der Waals surface area contributed by atoms with Gasteiger partial charge in [-0.15, -0.1) is 0 Å². The van der Waals surface area contributed by atoms with E-state index < -0.39 is 7.14 Å². The predicted octanol–water partition coefficient (Wildman–Crippen LogP) is 10.2. The first kappa shape index (κ1) is 29.6. The van der Waals surface area contributed by atoms with Gasteiger partial charge in [0.25, 0.3) is 0 Å². The van der Waals surface area contributed by atoms with Crippen molar-refractivity contribution < 1.29 is 4.57 Å². The summed E-state index contributed by atoms with van der Waals surface area (Å²) >= 11 is 0. The zero-order chi connectivity index (χ0) is 33.9. The third kappa shape index (κ3) is 4.58. The summed E-state index contributed by atoms with van der Waals surface area (Å²) in [6, 6.07) is 62.1. The molecule has 10 rings (SSSR count). The third-order valence-electron chi connectivity index (χ3n) is 10.1. The van der Waals surface area contributed by atoms with E-state index in [-0.39, 0.29) is 0 Å². The maximum absolute atomic E-state index is 15.5. The number of fused-ring (bicyclic) bond motifs is 7. The molecule has 1 aliphatic heterocycles. The zero-order valence-corrected chi connectivity index (χ0v) is 28.4. The Bertz CT molecular complexity index is 2810. The quantitative estimate of drug-likeness (QED) is 0.171. The Balaban J connectivity index is 1.27. The molecule has 51 heavy (non-hydrogen) atoms. The second kappa shape index (κ2) is 11.6. The van der Waals surface area contributed by atoms with Gasteiger partial charge in [-0.05, 0) is 34.9 Å². The lowest BCUT2D eigenvalue weighted by atomic mass is 10.0. The Morgan fingerprint density at radius 3 is 1.73 bits per heavy atom. The van der Waals surface area contributed by atoms with Crippen LogP contribution in [0.1, 0.15) is 0 Å². The lowest BCUT2D eigenvalue weighted by molar-refractivity contribution is 0.593. The molecular weight excluding hydrogens is 642 g/mol. The van der Waals surface area contributed by atoms with E-state index in [4.69, 9.17) is 9.97 Å². The van der Waals surface area contributed by atoms with Crippen LogP contribution in [0.4, 0.5) is 0 Å². The van der Waals surface area contributed by atoms with Crippen molar-refractivity contribution in [2.45, 2.75) is 0 Å². The molecule has 3 heterocycles. The van der Waals surface area contributed by atoms with E-state index in [1.807, 2.05) is 72.8 Å². The number of rotatable bonds is 5. The second-order valence-corrected chi connectivity index (χ2v) is 15.6. The Morgan fingerprint density at radius 2 is 1.00 bits per heavy atom. The summed E-state index contributed by atoms with van der Waals surface area (Å²) in [5.41, 5.74) is 9.92. The first-order valence-electron chi connectivity index (χ1n) is 17.1. The van der Waals surface area contributed by atoms with Crippen LogP contribution in [0.2, 0.25) is 0 Å². The van der Waals surface area contributed by atoms with Gasteiger partial charge < -0.3 is 4.57 Å². The van der Waals surface area contributed by atoms with E-state index >= 15 is 4.57 Å². The van der Waals surface area contributed by atoms with E-state index in [2.05, 4.69) is 114 Å². The van der Waals surface area contributed by atoms with E-state index in [9.17, 15) is 0 Å². The molecule has 2 aromatic heterocycles. The predicted molar refractivity (Wildman–Crippen MR) is 211 cm³/mol. The van der Waals surface area contributed by atoms with Gasteiger partial charge in [0.1, 0.15) is 0 Å². The van der Waals surface area contributed by atoms with Crippen molar-refractivity contribution >= 4 is 44.9 Å². The van der Waals surface area contributed by atoms with Gasteiger partial charge in [0, 0.05) is 43.4 Å². The highest BCUT2D eigenvalue weighted by Gasteiger charge is 2.42. The molecule has 4 nitrogen and oxygen atoms in total. The number of hydrogen-bond acceptors (Lipinski definition) is 3. The molecule has 7 aromatic carbocycles. The highest BCUT2D eigenvalue weighted by molar-refractivity contribution is 7.86. The molecule has 0 amide bonds. The molecule has 0 fully saturated rings. The summed E-state index contributed by atoms with van der Waals surface area (Å²) in [5, 5.41) is 4.72. The molecule has 0 bridgehead atoms. The molecule has 0 spiro atoms. The van der Waals surface area contributed by atoms with Gasteiger partial charge in [-0.3, -0.25) is 4.57 Å². The summed E-state index contributed by atoms with van der Waals surface area (Å²) in [5.74, 6) is 0.567. The van der Waals surface area contributed by atoms with E-state index in [1.54, 1.807) is 0 Å². The molecular formula is C46H30N3OP. The van der Waals surface area contributed by atoms with Gasteiger partial charge in [0.15, 0.2) is 7.14 Å². The number of para-hydroxylation sites is 1. The lowest BCUT2D eigenvalue weighted by Crippen LogP contribution is -2.20. The zero-order valence-electron chi connectivity index (χ0n) is 27.5. The number of benzene rings is 7. The van der Waals surface area contributed by atoms with E-state index in [0.717, 1.165) is 76.9 Å². The molecule has 240 valence electrons. The van der Waals surface area contributed by atoms with Gasteiger partial charge in [-0.1, -0.05) is 164 Å². The Labute approximate surface area is 295 Å². The number of nitrogens with zero attached hydrogens (tertiary/aromatic N) is 3. The van der Waals surface area contributed by atoms with Crippen LogP contribution in [0, 0.1) is 0 Å². The second-order valence-electron chi connectivity index (χ2n) is 12.9. The number of aromatic nitrogens is 3. The Hall–Kier alpha value is -6.35. The van der Waals surface area contributed by atoms with Crippen molar-refractivity contribution in [2.24, 2.45) is 0 Å². The van der Waals surface area contributed by atoms with Crippen LogP contribution < -0.4 is 15.9 Å². The van der Waals surface area contributed by atoms with Crippen molar-refractivity contribution in [2.75, 3.05) is 0 Å². The largest absolute Gasteiger partial charge is 0.309 e. The molecule has 0 aliphatic carbocycles. The van der Waals surface area contributed by atoms with Crippen LogP contribution in [0.3, 0.4) is 0 Å². The van der Waals surface area contributed by atoms with Crippen molar-refractivity contribution in [3.05, 3.63) is 182 Å². The SMILES string of the molecule is O=P1(c2ccccc2)c2ccccc2-c2c1ccc1c3ccccc3n(-c3nc(-c4ccccc4)cc(-c4ccc(-c5ccccc5)cc4)n3)c21. The fourth-order valence-corrected chi connectivity index (χ4v) is 10.7. The van der Waals surface area contributed by atoms with E-state index in [0.29, 0.717) is 5.95 Å². The molecule has 5 heteroatoms. The topological polar surface area (TPSA) is 47.8 Å². The van der Waals surface area contributed by atoms with Crippen molar-refractivity contribution in [1.82, 2.24) is 14.5 Å². The van der Waals surface area contributed by atoms with Crippen LogP contribution in [0.15, 0.2) is 182 Å². The van der Waals surface area contributed by atoms with Gasteiger partial charge >= 0.3 is 0 Å². The molecule has 0 radical (unpaired) electrons. The van der Waals surface area contributed by atoms with Crippen molar-refractivity contribution in [1.29, 1.82) is 0 Å². The maximum atomic E-state index is 15.5.